The minimum Gasteiger partial charge on any atom is -0.493 e. The van der Waals surface area contributed by atoms with Gasteiger partial charge in [-0.2, -0.15) is 0 Å². The summed E-state index contributed by atoms with van der Waals surface area (Å²) in [5.74, 6) is 1.96. The van der Waals surface area contributed by atoms with Gasteiger partial charge in [0.1, 0.15) is 0 Å². The molecule has 0 amide bonds. The Morgan fingerprint density at radius 3 is 2.15 bits per heavy atom. The van der Waals surface area contributed by atoms with Crippen LogP contribution in [0.25, 0.3) is 0 Å². The number of benzene rings is 1. The summed E-state index contributed by atoms with van der Waals surface area (Å²) >= 11 is 5.76. The number of aryl methyl sites for hydroxylation is 1. The van der Waals surface area contributed by atoms with Crippen molar-refractivity contribution in [3.8, 4) is 11.5 Å². The number of methoxy groups -OCH3 is 2. The zero-order valence-electron chi connectivity index (χ0n) is 8.06. The molecule has 72 valence electrons. The number of hydrogen-bond donors (Lipinski definition) is 0. The minimum atomic E-state index is 0.492. The first kappa shape index (κ1) is 10.2. The van der Waals surface area contributed by atoms with Crippen molar-refractivity contribution < 1.29 is 9.47 Å². The van der Waals surface area contributed by atoms with Crippen LogP contribution < -0.4 is 9.47 Å². The summed E-state index contributed by atoms with van der Waals surface area (Å²) in [6, 6.07) is 3.83. The van der Waals surface area contributed by atoms with E-state index in [1.807, 2.05) is 19.1 Å². The predicted octanol–water partition coefficient (Wildman–Crippen LogP) is 2.75. The molecule has 0 N–H and O–H groups in total. The minimum absolute atomic E-state index is 0.492. The molecule has 1 aromatic carbocycles. The molecule has 0 aliphatic heterocycles. The summed E-state index contributed by atoms with van der Waals surface area (Å²) in [5.41, 5.74) is 2.19. The summed E-state index contributed by atoms with van der Waals surface area (Å²) < 4.78 is 10.3. The topological polar surface area (TPSA) is 18.5 Å². The molecule has 0 saturated carbocycles. The van der Waals surface area contributed by atoms with E-state index in [1.54, 1.807) is 14.2 Å². The fraction of sp³-hybridized carbons (Fsp3) is 0.400. The zero-order chi connectivity index (χ0) is 9.84. The third-order valence-corrected chi connectivity index (χ3v) is 2.27. The summed E-state index contributed by atoms with van der Waals surface area (Å²) in [6.45, 7) is 2.00. The second-order valence-electron chi connectivity index (χ2n) is 2.77. The highest BCUT2D eigenvalue weighted by Gasteiger charge is 2.06. The van der Waals surface area contributed by atoms with E-state index in [4.69, 9.17) is 21.1 Å². The zero-order valence-corrected chi connectivity index (χ0v) is 8.81. The molecular weight excluding hydrogens is 188 g/mol. The highest BCUT2D eigenvalue weighted by Crippen LogP contribution is 2.30. The number of rotatable bonds is 3. The molecule has 0 unspecified atom stereocenters. The molecular formula is C10H13ClO2. The van der Waals surface area contributed by atoms with E-state index >= 15 is 0 Å². The van der Waals surface area contributed by atoms with Crippen LogP contribution >= 0.6 is 11.6 Å². The Kier molecular flexibility index (Phi) is 3.43. The summed E-state index contributed by atoms with van der Waals surface area (Å²) in [4.78, 5) is 0. The first-order valence-corrected chi connectivity index (χ1v) is 4.53. The van der Waals surface area contributed by atoms with Gasteiger partial charge < -0.3 is 9.47 Å². The molecule has 0 bridgehead atoms. The monoisotopic (exact) mass is 200 g/mol. The Morgan fingerprint density at radius 1 is 1.15 bits per heavy atom. The Hall–Kier alpha value is -0.890. The van der Waals surface area contributed by atoms with Crippen LogP contribution in [-0.4, -0.2) is 14.2 Å². The quantitative estimate of drug-likeness (QED) is 0.699. The van der Waals surface area contributed by atoms with Gasteiger partial charge in [-0.1, -0.05) is 0 Å². The molecule has 0 spiro atoms. The molecule has 1 aromatic rings. The maximum Gasteiger partial charge on any atom is 0.161 e. The van der Waals surface area contributed by atoms with Crippen LogP contribution in [0.4, 0.5) is 0 Å². The van der Waals surface area contributed by atoms with E-state index in [1.165, 1.54) is 0 Å². The first-order chi connectivity index (χ1) is 6.22. The van der Waals surface area contributed by atoms with Gasteiger partial charge in [0.05, 0.1) is 14.2 Å². The lowest BCUT2D eigenvalue weighted by Gasteiger charge is -2.10. The van der Waals surface area contributed by atoms with Gasteiger partial charge in [0.25, 0.3) is 0 Å². The van der Waals surface area contributed by atoms with E-state index in [0.29, 0.717) is 5.88 Å². The van der Waals surface area contributed by atoms with Crippen molar-refractivity contribution in [2.24, 2.45) is 0 Å². The lowest BCUT2D eigenvalue weighted by atomic mass is 10.1. The van der Waals surface area contributed by atoms with Crippen LogP contribution in [0.3, 0.4) is 0 Å². The van der Waals surface area contributed by atoms with Gasteiger partial charge >= 0.3 is 0 Å². The maximum atomic E-state index is 5.76. The molecule has 0 radical (unpaired) electrons. The van der Waals surface area contributed by atoms with Gasteiger partial charge in [-0.15, -0.1) is 11.6 Å². The van der Waals surface area contributed by atoms with Crippen LogP contribution in [0.15, 0.2) is 12.1 Å². The molecule has 0 fully saturated rings. The molecule has 0 saturated heterocycles. The molecule has 13 heavy (non-hydrogen) atoms. The van der Waals surface area contributed by atoms with Crippen molar-refractivity contribution in [2.75, 3.05) is 14.2 Å². The lowest BCUT2D eigenvalue weighted by Crippen LogP contribution is -1.94. The average molecular weight is 201 g/mol. The SMILES string of the molecule is COc1cc(C)c(CCl)cc1OC. The Labute approximate surface area is 83.4 Å². The standard InChI is InChI=1S/C10H13ClO2/c1-7-4-9(12-2)10(13-3)5-8(7)6-11/h4-5H,6H2,1-3H3. The van der Waals surface area contributed by atoms with Crippen LogP contribution in [0.5, 0.6) is 11.5 Å². The van der Waals surface area contributed by atoms with Gasteiger partial charge in [-0.05, 0) is 30.2 Å². The van der Waals surface area contributed by atoms with Gasteiger partial charge in [0, 0.05) is 5.88 Å². The highest BCUT2D eigenvalue weighted by atomic mass is 35.5. The van der Waals surface area contributed by atoms with E-state index in [-0.39, 0.29) is 0 Å². The van der Waals surface area contributed by atoms with Crippen molar-refractivity contribution in [1.29, 1.82) is 0 Å². The average Bonchev–Trinajstić information content (AvgIpc) is 2.17. The number of halogens is 1. The molecule has 1 rings (SSSR count). The van der Waals surface area contributed by atoms with Crippen molar-refractivity contribution in [3.05, 3.63) is 23.3 Å². The molecule has 0 aromatic heterocycles. The van der Waals surface area contributed by atoms with E-state index < -0.39 is 0 Å². The van der Waals surface area contributed by atoms with Crippen LogP contribution in [0, 0.1) is 6.92 Å². The van der Waals surface area contributed by atoms with Gasteiger partial charge in [0.15, 0.2) is 11.5 Å². The number of ether oxygens (including phenoxy) is 2. The van der Waals surface area contributed by atoms with Crippen LogP contribution in [0.2, 0.25) is 0 Å². The Morgan fingerprint density at radius 2 is 1.69 bits per heavy atom. The Bertz CT molecular complexity index is 297. The van der Waals surface area contributed by atoms with E-state index in [9.17, 15) is 0 Å². The molecule has 0 atom stereocenters. The van der Waals surface area contributed by atoms with E-state index in [0.717, 1.165) is 22.6 Å². The highest BCUT2D eigenvalue weighted by molar-refractivity contribution is 6.17. The number of alkyl halides is 1. The van der Waals surface area contributed by atoms with Gasteiger partial charge in [0.2, 0.25) is 0 Å². The molecule has 0 heterocycles. The number of hydrogen-bond acceptors (Lipinski definition) is 2. The van der Waals surface area contributed by atoms with Crippen molar-refractivity contribution in [1.82, 2.24) is 0 Å². The van der Waals surface area contributed by atoms with Gasteiger partial charge in [-0.25, -0.2) is 0 Å². The predicted molar refractivity (Wildman–Crippen MR) is 53.8 cm³/mol. The van der Waals surface area contributed by atoms with Crippen LogP contribution in [0.1, 0.15) is 11.1 Å². The molecule has 0 aliphatic carbocycles. The van der Waals surface area contributed by atoms with Crippen LogP contribution in [-0.2, 0) is 5.88 Å². The van der Waals surface area contributed by atoms with Gasteiger partial charge in [-0.3, -0.25) is 0 Å². The second kappa shape index (κ2) is 4.38. The third kappa shape index (κ3) is 2.07. The molecule has 3 heteroatoms. The summed E-state index contributed by atoms with van der Waals surface area (Å²) in [5, 5.41) is 0. The third-order valence-electron chi connectivity index (χ3n) is 1.99. The fourth-order valence-corrected chi connectivity index (χ4v) is 1.45. The molecule has 0 aliphatic rings. The lowest BCUT2D eigenvalue weighted by molar-refractivity contribution is 0.354. The fourth-order valence-electron chi connectivity index (χ4n) is 1.17. The summed E-state index contributed by atoms with van der Waals surface area (Å²) in [6.07, 6.45) is 0. The summed E-state index contributed by atoms with van der Waals surface area (Å²) in [7, 11) is 3.24. The Balaban J connectivity index is 3.18. The largest absolute Gasteiger partial charge is 0.493 e. The molecule has 2 nitrogen and oxygen atoms in total. The van der Waals surface area contributed by atoms with E-state index in [2.05, 4.69) is 0 Å². The van der Waals surface area contributed by atoms with Crippen molar-refractivity contribution in [2.45, 2.75) is 12.8 Å². The smallest absolute Gasteiger partial charge is 0.161 e. The maximum absolute atomic E-state index is 5.76. The second-order valence-corrected chi connectivity index (χ2v) is 3.03. The first-order valence-electron chi connectivity index (χ1n) is 4.00. The van der Waals surface area contributed by atoms with Crippen molar-refractivity contribution >= 4 is 11.6 Å². The van der Waals surface area contributed by atoms with Crippen molar-refractivity contribution in [3.63, 3.8) is 0 Å². The normalized spacial score (nSPS) is 9.85.